The number of aliphatic hydroxyl groups is 1. The van der Waals surface area contributed by atoms with E-state index >= 15 is 0 Å². The van der Waals surface area contributed by atoms with Crippen LogP contribution < -0.4 is 15.5 Å². The van der Waals surface area contributed by atoms with E-state index in [1.807, 2.05) is 6.92 Å². The molecule has 1 aliphatic carbocycles. The number of aromatic nitrogens is 5. The number of aromatic amines is 1. The van der Waals surface area contributed by atoms with Crippen molar-refractivity contribution in [3.8, 4) is 0 Å². The third-order valence-electron chi connectivity index (χ3n) is 6.64. The first-order valence-electron chi connectivity index (χ1n) is 10.7. The van der Waals surface area contributed by atoms with E-state index in [1.54, 1.807) is 19.4 Å². The molecular weight excluding hydrogens is 411 g/mol. The summed E-state index contributed by atoms with van der Waals surface area (Å²) in [7, 11) is 1.76. The van der Waals surface area contributed by atoms with E-state index in [4.69, 9.17) is 4.98 Å². The van der Waals surface area contributed by atoms with Gasteiger partial charge in [0.2, 0.25) is 5.95 Å². The minimum atomic E-state index is -0.329. The fourth-order valence-corrected chi connectivity index (χ4v) is 4.96. The van der Waals surface area contributed by atoms with Crippen LogP contribution in [-0.2, 0) is 0 Å². The van der Waals surface area contributed by atoms with Crippen molar-refractivity contribution in [2.75, 3.05) is 35.7 Å². The van der Waals surface area contributed by atoms with Crippen molar-refractivity contribution in [2.24, 2.45) is 11.8 Å². The Hall–Kier alpha value is -3.53. The zero-order chi connectivity index (χ0) is 22.0. The third-order valence-corrected chi connectivity index (χ3v) is 6.64. The summed E-state index contributed by atoms with van der Waals surface area (Å²) in [5.41, 5.74) is 2.72. The van der Waals surface area contributed by atoms with Crippen LogP contribution in [0.4, 0.5) is 27.5 Å². The molecule has 10 heteroatoms. The van der Waals surface area contributed by atoms with E-state index in [0.717, 1.165) is 35.1 Å². The number of fused-ring (bicyclic) bond motifs is 4. The number of nitrogens with one attached hydrogen (secondary N) is 3. The van der Waals surface area contributed by atoms with Crippen molar-refractivity contribution in [2.45, 2.75) is 19.4 Å². The normalized spacial score (nSPS) is 22.2. The summed E-state index contributed by atoms with van der Waals surface area (Å²) in [6.07, 6.45) is 3.91. The highest BCUT2D eigenvalue weighted by Crippen LogP contribution is 2.44. The Labute approximate surface area is 183 Å². The SMILES string of the molecule is CNc1cc(F)cc2c1[nH]c1nc(Nc3cnc(C)nc3)nc(N3CC4CC(O)C4C3)c12. The minimum absolute atomic E-state index is 0.247. The summed E-state index contributed by atoms with van der Waals surface area (Å²) in [6, 6.07) is 2.97. The van der Waals surface area contributed by atoms with Gasteiger partial charge in [0.25, 0.3) is 0 Å². The zero-order valence-electron chi connectivity index (χ0n) is 17.7. The number of rotatable bonds is 4. The number of halogens is 1. The van der Waals surface area contributed by atoms with Gasteiger partial charge < -0.3 is 25.6 Å². The molecule has 3 aromatic heterocycles. The Bertz CT molecular complexity index is 1340. The maximum Gasteiger partial charge on any atom is 0.231 e. The van der Waals surface area contributed by atoms with E-state index < -0.39 is 0 Å². The number of nitrogens with zero attached hydrogens (tertiary/aromatic N) is 5. The third kappa shape index (κ3) is 2.94. The molecule has 3 unspecified atom stereocenters. The van der Waals surface area contributed by atoms with Crippen molar-refractivity contribution < 1.29 is 9.50 Å². The van der Waals surface area contributed by atoms with Crippen LogP contribution in [0.2, 0.25) is 0 Å². The predicted molar refractivity (Wildman–Crippen MR) is 121 cm³/mol. The molecular formula is C22H23FN8O. The monoisotopic (exact) mass is 434 g/mol. The second-order valence-corrected chi connectivity index (χ2v) is 8.62. The number of hydrogen-bond acceptors (Lipinski definition) is 8. The molecule has 1 saturated heterocycles. The van der Waals surface area contributed by atoms with Crippen molar-refractivity contribution >= 4 is 45.1 Å². The largest absolute Gasteiger partial charge is 0.393 e. The zero-order valence-corrected chi connectivity index (χ0v) is 17.7. The van der Waals surface area contributed by atoms with E-state index in [9.17, 15) is 9.50 Å². The lowest BCUT2D eigenvalue weighted by Gasteiger charge is -2.34. The Morgan fingerprint density at radius 3 is 2.72 bits per heavy atom. The van der Waals surface area contributed by atoms with Gasteiger partial charge in [-0.2, -0.15) is 9.97 Å². The second-order valence-electron chi connectivity index (χ2n) is 8.62. The molecule has 1 aromatic carbocycles. The molecule has 4 N–H and O–H groups in total. The van der Waals surface area contributed by atoms with Gasteiger partial charge in [-0.05, 0) is 31.4 Å². The Kier molecular flexibility index (Phi) is 4.19. The Morgan fingerprint density at radius 1 is 1.19 bits per heavy atom. The predicted octanol–water partition coefficient (Wildman–Crippen LogP) is 2.95. The van der Waals surface area contributed by atoms with Crippen LogP contribution in [0, 0.1) is 24.6 Å². The van der Waals surface area contributed by atoms with Crippen molar-refractivity contribution in [1.29, 1.82) is 0 Å². The quantitative estimate of drug-likeness (QED) is 0.388. The summed E-state index contributed by atoms with van der Waals surface area (Å²) < 4.78 is 14.4. The number of hydrogen-bond donors (Lipinski definition) is 4. The highest BCUT2D eigenvalue weighted by Gasteiger charge is 2.47. The molecule has 9 nitrogen and oxygen atoms in total. The molecule has 0 radical (unpaired) electrons. The molecule has 1 saturated carbocycles. The Morgan fingerprint density at radius 2 is 2.00 bits per heavy atom. The first kappa shape index (κ1) is 19.2. The molecule has 0 spiro atoms. The van der Waals surface area contributed by atoms with E-state index in [0.29, 0.717) is 41.3 Å². The lowest BCUT2D eigenvalue weighted by Crippen LogP contribution is -2.39. The molecule has 2 fully saturated rings. The van der Waals surface area contributed by atoms with E-state index in [-0.39, 0.29) is 17.8 Å². The smallest absolute Gasteiger partial charge is 0.231 e. The van der Waals surface area contributed by atoms with E-state index in [1.165, 1.54) is 12.1 Å². The van der Waals surface area contributed by atoms with Crippen LogP contribution in [0.15, 0.2) is 24.5 Å². The van der Waals surface area contributed by atoms with Crippen LogP contribution in [-0.4, -0.2) is 56.3 Å². The highest BCUT2D eigenvalue weighted by atomic mass is 19.1. The van der Waals surface area contributed by atoms with Gasteiger partial charge in [-0.25, -0.2) is 14.4 Å². The summed E-state index contributed by atoms with van der Waals surface area (Å²) in [4.78, 5) is 23.5. The van der Waals surface area contributed by atoms with Gasteiger partial charge in [0.1, 0.15) is 23.1 Å². The fourth-order valence-electron chi connectivity index (χ4n) is 4.96. The molecule has 164 valence electrons. The highest BCUT2D eigenvalue weighted by molar-refractivity contribution is 6.14. The molecule has 0 amide bonds. The average Bonchev–Trinajstić information content (AvgIpc) is 3.31. The summed E-state index contributed by atoms with van der Waals surface area (Å²) in [6.45, 7) is 3.34. The van der Waals surface area contributed by atoms with Crippen LogP contribution in [0.1, 0.15) is 12.2 Å². The molecule has 0 bridgehead atoms. The van der Waals surface area contributed by atoms with Gasteiger partial charge in [0, 0.05) is 31.4 Å². The Balaban J connectivity index is 1.53. The van der Waals surface area contributed by atoms with Gasteiger partial charge in [-0.1, -0.05) is 0 Å². The van der Waals surface area contributed by atoms with Crippen molar-refractivity contribution in [3.05, 3.63) is 36.2 Å². The van der Waals surface area contributed by atoms with Crippen LogP contribution in [0.25, 0.3) is 21.9 Å². The van der Waals surface area contributed by atoms with Crippen molar-refractivity contribution in [1.82, 2.24) is 24.9 Å². The molecule has 32 heavy (non-hydrogen) atoms. The lowest BCUT2D eigenvalue weighted by molar-refractivity contribution is -0.00398. The number of aryl methyl sites for hydroxylation is 1. The van der Waals surface area contributed by atoms with Crippen LogP contribution in [0.5, 0.6) is 0 Å². The molecule has 1 aliphatic heterocycles. The van der Waals surface area contributed by atoms with Crippen LogP contribution >= 0.6 is 0 Å². The number of anilines is 4. The molecule has 4 heterocycles. The maximum atomic E-state index is 14.4. The van der Waals surface area contributed by atoms with Gasteiger partial charge >= 0.3 is 0 Å². The first-order valence-corrected chi connectivity index (χ1v) is 10.7. The summed E-state index contributed by atoms with van der Waals surface area (Å²) in [5.74, 6) is 2.17. The molecule has 3 atom stereocenters. The van der Waals surface area contributed by atoms with Gasteiger partial charge in [0.05, 0.1) is 40.8 Å². The summed E-state index contributed by atoms with van der Waals surface area (Å²) >= 11 is 0. The molecule has 6 rings (SSSR count). The lowest BCUT2D eigenvalue weighted by atomic mass is 9.74. The maximum absolute atomic E-state index is 14.4. The van der Waals surface area contributed by atoms with Crippen molar-refractivity contribution in [3.63, 3.8) is 0 Å². The van der Waals surface area contributed by atoms with Gasteiger partial charge in [-0.3, -0.25) is 0 Å². The van der Waals surface area contributed by atoms with E-state index in [2.05, 4.69) is 35.5 Å². The average molecular weight is 434 g/mol. The van der Waals surface area contributed by atoms with Gasteiger partial charge in [0.15, 0.2) is 0 Å². The minimum Gasteiger partial charge on any atom is -0.393 e. The number of H-pyrrole nitrogens is 1. The number of aliphatic hydroxyl groups excluding tert-OH is 1. The molecule has 2 aliphatic rings. The number of benzene rings is 1. The molecule has 4 aromatic rings. The fraction of sp³-hybridized carbons (Fsp3) is 0.364. The topological polar surface area (TPSA) is 115 Å². The van der Waals surface area contributed by atoms with Gasteiger partial charge in [-0.15, -0.1) is 0 Å². The first-order chi connectivity index (χ1) is 15.5. The second kappa shape index (κ2) is 6.99. The summed E-state index contributed by atoms with van der Waals surface area (Å²) in [5, 5.41) is 17.9. The van der Waals surface area contributed by atoms with Crippen LogP contribution in [0.3, 0.4) is 0 Å². The standard InChI is InChI=1S/C22H23FN8O/c1-10-25-6-13(7-26-10)27-22-29-20-18(14-4-12(23)5-16(24-2)19(14)28-20)21(30-22)31-8-11-3-17(32)15(11)9-31/h4-7,11,15,17,24,32H,3,8-9H2,1-2H3,(H2,27,28,29,30).